The van der Waals surface area contributed by atoms with Gasteiger partial charge in [-0.3, -0.25) is 0 Å². The minimum atomic E-state index is -0.823. The molecule has 0 aromatic heterocycles. The number of aliphatic hydroxyl groups excluding tert-OH is 2. The summed E-state index contributed by atoms with van der Waals surface area (Å²) in [5.41, 5.74) is 0. The number of hydrogen-bond acceptors (Lipinski definition) is 5. The Hall–Kier alpha value is -0.200. The van der Waals surface area contributed by atoms with Gasteiger partial charge in [-0.05, 0) is 0 Å². The molecule has 0 saturated carbocycles. The zero-order valence-corrected chi connectivity index (χ0v) is 5.84. The molecule has 5 heteroatoms. The van der Waals surface area contributed by atoms with Crippen LogP contribution in [-0.2, 0) is 14.2 Å². The standard InChI is InChI=1S/C6H10O5/c7-1-3(8)2-9-5-4-6(10-4)11-5/h3-8H,1-2H2. The van der Waals surface area contributed by atoms with Crippen molar-refractivity contribution in [1.82, 2.24) is 0 Å². The van der Waals surface area contributed by atoms with Crippen molar-refractivity contribution in [1.29, 1.82) is 0 Å². The number of hydrogen-bond donors (Lipinski definition) is 2. The summed E-state index contributed by atoms with van der Waals surface area (Å²) < 4.78 is 14.9. The second-order valence-corrected chi connectivity index (χ2v) is 2.64. The van der Waals surface area contributed by atoms with Crippen LogP contribution in [0.5, 0.6) is 0 Å². The first kappa shape index (κ1) is 7.45. The van der Waals surface area contributed by atoms with Crippen LogP contribution < -0.4 is 0 Å². The average Bonchev–Trinajstić information content (AvgIpc) is 2.62. The van der Waals surface area contributed by atoms with E-state index in [4.69, 9.17) is 24.4 Å². The van der Waals surface area contributed by atoms with Crippen molar-refractivity contribution < 1.29 is 24.4 Å². The van der Waals surface area contributed by atoms with E-state index >= 15 is 0 Å². The van der Waals surface area contributed by atoms with Gasteiger partial charge in [0.15, 0.2) is 18.7 Å². The highest BCUT2D eigenvalue weighted by molar-refractivity contribution is 4.90. The fourth-order valence-corrected chi connectivity index (χ4v) is 0.924. The third kappa shape index (κ3) is 1.38. The predicted molar refractivity (Wildman–Crippen MR) is 32.6 cm³/mol. The van der Waals surface area contributed by atoms with E-state index in [1.807, 2.05) is 0 Å². The molecule has 0 aromatic rings. The Morgan fingerprint density at radius 1 is 1.45 bits per heavy atom. The third-order valence-electron chi connectivity index (χ3n) is 1.68. The lowest BCUT2D eigenvalue weighted by atomic mass is 10.3. The highest BCUT2D eigenvalue weighted by atomic mass is 16.9. The lowest BCUT2D eigenvalue weighted by Gasteiger charge is -2.22. The molecule has 0 radical (unpaired) electrons. The first-order valence-corrected chi connectivity index (χ1v) is 3.52. The Morgan fingerprint density at radius 3 is 2.73 bits per heavy atom. The largest absolute Gasteiger partial charge is 0.394 e. The molecule has 2 rings (SSSR count). The molecule has 2 aliphatic heterocycles. The Kier molecular flexibility index (Phi) is 1.82. The van der Waals surface area contributed by atoms with Gasteiger partial charge < -0.3 is 24.4 Å². The molecule has 11 heavy (non-hydrogen) atoms. The number of ether oxygens (including phenoxy) is 3. The molecule has 2 aliphatic rings. The fourth-order valence-electron chi connectivity index (χ4n) is 0.924. The van der Waals surface area contributed by atoms with Gasteiger partial charge in [-0.25, -0.2) is 0 Å². The summed E-state index contributed by atoms with van der Waals surface area (Å²) in [6.45, 7) is -0.199. The van der Waals surface area contributed by atoms with Crippen LogP contribution in [-0.4, -0.2) is 48.2 Å². The lowest BCUT2D eigenvalue weighted by Crippen LogP contribution is -2.38. The summed E-state index contributed by atoms with van der Waals surface area (Å²) in [6.07, 6.45) is -1.15. The summed E-state index contributed by atoms with van der Waals surface area (Å²) in [6, 6.07) is 0. The second kappa shape index (κ2) is 2.69. The summed E-state index contributed by atoms with van der Waals surface area (Å²) in [7, 11) is 0. The van der Waals surface area contributed by atoms with E-state index in [2.05, 4.69) is 0 Å². The lowest BCUT2D eigenvalue weighted by molar-refractivity contribution is -0.213. The topological polar surface area (TPSA) is 71.5 Å². The van der Waals surface area contributed by atoms with E-state index in [0.29, 0.717) is 0 Å². The Labute approximate surface area is 63.5 Å². The van der Waals surface area contributed by atoms with E-state index < -0.39 is 6.10 Å². The Bertz CT molecular complexity index is 150. The van der Waals surface area contributed by atoms with Crippen LogP contribution >= 0.6 is 0 Å². The summed E-state index contributed by atoms with van der Waals surface area (Å²) in [5.74, 6) is 0. The van der Waals surface area contributed by atoms with Crippen LogP contribution in [0.15, 0.2) is 0 Å². The fraction of sp³-hybridized carbons (Fsp3) is 1.00. The molecular formula is C6H10O5. The van der Waals surface area contributed by atoms with Crippen LogP contribution in [0.4, 0.5) is 0 Å². The van der Waals surface area contributed by atoms with Crippen LogP contribution in [0.1, 0.15) is 0 Å². The first-order chi connectivity index (χ1) is 5.31. The minimum Gasteiger partial charge on any atom is -0.394 e. The van der Waals surface area contributed by atoms with Crippen molar-refractivity contribution in [3.05, 3.63) is 0 Å². The SMILES string of the molecule is OCC(O)COC1OC2OC12. The van der Waals surface area contributed by atoms with E-state index in [1.165, 1.54) is 0 Å². The van der Waals surface area contributed by atoms with Gasteiger partial charge in [-0.15, -0.1) is 0 Å². The maximum atomic E-state index is 8.85. The predicted octanol–water partition coefficient (Wildman–Crippen LogP) is -1.56. The quantitative estimate of drug-likeness (QED) is 0.489. The van der Waals surface area contributed by atoms with Crippen LogP contribution in [0.3, 0.4) is 0 Å². The summed E-state index contributed by atoms with van der Waals surface area (Å²) >= 11 is 0. The van der Waals surface area contributed by atoms with Crippen molar-refractivity contribution in [2.75, 3.05) is 13.2 Å². The van der Waals surface area contributed by atoms with Crippen LogP contribution in [0.25, 0.3) is 0 Å². The van der Waals surface area contributed by atoms with E-state index in [9.17, 15) is 0 Å². The van der Waals surface area contributed by atoms with E-state index in [1.54, 1.807) is 0 Å². The van der Waals surface area contributed by atoms with Gasteiger partial charge in [0, 0.05) is 0 Å². The molecule has 2 heterocycles. The summed E-state index contributed by atoms with van der Waals surface area (Å²) in [5, 5.41) is 17.3. The highest BCUT2D eigenvalue weighted by Crippen LogP contribution is 2.40. The van der Waals surface area contributed by atoms with Crippen molar-refractivity contribution in [3.63, 3.8) is 0 Å². The molecule has 0 aliphatic carbocycles. The van der Waals surface area contributed by atoms with Crippen LogP contribution in [0, 0.1) is 0 Å². The van der Waals surface area contributed by atoms with Gasteiger partial charge >= 0.3 is 0 Å². The molecule has 4 unspecified atom stereocenters. The maximum absolute atomic E-state index is 8.85. The Morgan fingerprint density at radius 2 is 2.27 bits per heavy atom. The number of rotatable bonds is 4. The molecule has 64 valence electrons. The highest BCUT2D eigenvalue weighted by Gasteiger charge is 2.59. The maximum Gasteiger partial charge on any atom is 0.192 e. The summed E-state index contributed by atoms with van der Waals surface area (Å²) in [4.78, 5) is 0. The van der Waals surface area contributed by atoms with Gasteiger partial charge in [0.25, 0.3) is 0 Å². The zero-order valence-electron chi connectivity index (χ0n) is 5.84. The van der Waals surface area contributed by atoms with Gasteiger partial charge in [-0.2, -0.15) is 0 Å². The molecule has 2 fully saturated rings. The van der Waals surface area contributed by atoms with Crippen molar-refractivity contribution in [2.45, 2.75) is 24.8 Å². The molecule has 0 amide bonds. The molecular weight excluding hydrogens is 152 g/mol. The molecule has 0 aromatic carbocycles. The van der Waals surface area contributed by atoms with Gasteiger partial charge in [0.2, 0.25) is 0 Å². The normalized spacial score (nSPS) is 42.5. The van der Waals surface area contributed by atoms with Gasteiger partial charge in [0.05, 0.1) is 13.2 Å². The van der Waals surface area contributed by atoms with Crippen molar-refractivity contribution >= 4 is 0 Å². The molecule has 2 saturated heterocycles. The van der Waals surface area contributed by atoms with Gasteiger partial charge in [0.1, 0.15) is 6.10 Å². The average molecular weight is 162 g/mol. The number of aliphatic hydroxyl groups is 2. The van der Waals surface area contributed by atoms with E-state index in [-0.39, 0.29) is 31.9 Å². The molecule has 2 N–H and O–H groups in total. The second-order valence-electron chi connectivity index (χ2n) is 2.64. The first-order valence-electron chi connectivity index (χ1n) is 3.52. The number of fused-ring (bicyclic) bond motifs is 1. The van der Waals surface area contributed by atoms with Crippen LogP contribution in [0.2, 0.25) is 0 Å². The molecule has 0 bridgehead atoms. The third-order valence-corrected chi connectivity index (χ3v) is 1.68. The zero-order chi connectivity index (χ0) is 7.84. The molecule has 0 spiro atoms. The van der Waals surface area contributed by atoms with Crippen molar-refractivity contribution in [2.24, 2.45) is 0 Å². The minimum absolute atomic E-state index is 0.0636. The molecule has 5 nitrogen and oxygen atoms in total. The number of epoxide rings is 1. The molecule has 4 atom stereocenters. The Balaban J connectivity index is 1.59. The monoisotopic (exact) mass is 162 g/mol. The van der Waals surface area contributed by atoms with Crippen molar-refractivity contribution in [3.8, 4) is 0 Å². The van der Waals surface area contributed by atoms with E-state index in [0.717, 1.165) is 0 Å². The van der Waals surface area contributed by atoms with Gasteiger partial charge in [-0.1, -0.05) is 0 Å². The smallest absolute Gasteiger partial charge is 0.192 e.